The van der Waals surface area contributed by atoms with E-state index >= 15 is 0 Å². The van der Waals surface area contributed by atoms with Gasteiger partial charge in [0.15, 0.2) is 18.7 Å². The number of carbonyl (C=O) groups excluding carboxylic acids is 2. The van der Waals surface area contributed by atoms with Crippen LogP contribution in [0.2, 0.25) is 0 Å². The predicted octanol–water partition coefficient (Wildman–Crippen LogP) is 2.14. The lowest BCUT2D eigenvalue weighted by Crippen LogP contribution is -2.29. The highest BCUT2D eigenvalue weighted by atomic mass is 19.1. The fraction of sp³-hybridized carbons (Fsp3) is 0.261. The van der Waals surface area contributed by atoms with Crippen LogP contribution in [-0.4, -0.2) is 45.3 Å². The molecule has 10 nitrogen and oxygen atoms in total. The van der Waals surface area contributed by atoms with Crippen LogP contribution in [0, 0.1) is 5.82 Å². The van der Waals surface area contributed by atoms with E-state index in [1.165, 1.54) is 29.1 Å². The molecule has 0 aliphatic carbocycles. The van der Waals surface area contributed by atoms with Crippen molar-refractivity contribution in [3.05, 3.63) is 60.2 Å². The number of aliphatic hydroxyl groups is 1. The van der Waals surface area contributed by atoms with E-state index in [1.54, 1.807) is 45.0 Å². The monoisotopic (exact) mass is 471 g/mol. The van der Waals surface area contributed by atoms with Crippen molar-refractivity contribution in [3.8, 4) is 22.6 Å². The van der Waals surface area contributed by atoms with Crippen LogP contribution in [0.1, 0.15) is 31.3 Å². The van der Waals surface area contributed by atoms with Gasteiger partial charge in [0, 0.05) is 5.56 Å². The second kappa shape index (κ2) is 9.89. The van der Waals surface area contributed by atoms with Crippen LogP contribution in [0.4, 0.5) is 10.1 Å². The molecular weight excluding hydrogens is 445 g/mol. The lowest BCUT2D eigenvalue weighted by molar-refractivity contribution is -0.157. The summed E-state index contributed by atoms with van der Waals surface area (Å²) in [7, 11) is 0. The highest BCUT2D eigenvalue weighted by molar-refractivity contribution is 5.96. The molecule has 0 radical (unpaired) electrons. The molecule has 0 saturated heterocycles. The summed E-state index contributed by atoms with van der Waals surface area (Å²) in [6, 6.07) is 10.7. The third kappa shape index (κ3) is 6.30. The van der Waals surface area contributed by atoms with Gasteiger partial charge in [0.25, 0.3) is 5.91 Å². The molecule has 0 bridgehead atoms. The zero-order valence-corrected chi connectivity index (χ0v) is 18.9. The van der Waals surface area contributed by atoms with Gasteiger partial charge in [0.05, 0.1) is 17.6 Å². The van der Waals surface area contributed by atoms with E-state index in [0.29, 0.717) is 22.6 Å². The van der Waals surface area contributed by atoms with Gasteiger partial charge >= 0.3 is 5.97 Å². The zero-order chi connectivity index (χ0) is 25.0. The number of nitrogens with two attached hydrogens (primary N) is 2. The number of carbonyl (C=O) groups is 2. The molecule has 0 spiro atoms. The smallest absolute Gasteiger partial charge is 0.344 e. The second-order valence-corrected chi connectivity index (χ2v) is 8.35. The minimum Gasteiger partial charge on any atom is -0.481 e. The molecular formula is C23H26FN5O5. The van der Waals surface area contributed by atoms with E-state index in [9.17, 15) is 19.1 Å². The van der Waals surface area contributed by atoms with Gasteiger partial charge in [0.2, 0.25) is 0 Å². The molecule has 1 heterocycles. The molecule has 0 aliphatic heterocycles. The van der Waals surface area contributed by atoms with Crippen molar-refractivity contribution in [2.24, 2.45) is 11.5 Å². The molecule has 1 unspecified atom stereocenters. The maximum atomic E-state index is 14.0. The van der Waals surface area contributed by atoms with Gasteiger partial charge in [0.1, 0.15) is 17.2 Å². The minimum absolute atomic E-state index is 0.100. The van der Waals surface area contributed by atoms with E-state index in [0.717, 1.165) is 0 Å². The van der Waals surface area contributed by atoms with Gasteiger partial charge in [-0.1, -0.05) is 12.1 Å². The summed E-state index contributed by atoms with van der Waals surface area (Å²) in [5.74, 6) is -1.52. The van der Waals surface area contributed by atoms with Gasteiger partial charge in [-0.25, -0.2) is 13.9 Å². The molecule has 3 aromatic rings. The number of hydrogen-bond donors (Lipinski definition) is 4. The van der Waals surface area contributed by atoms with Crippen molar-refractivity contribution < 1.29 is 28.6 Å². The molecule has 3 rings (SSSR count). The molecule has 34 heavy (non-hydrogen) atoms. The Bertz CT molecular complexity index is 1190. The van der Waals surface area contributed by atoms with Crippen LogP contribution < -0.4 is 21.5 Å². The molecule has 1 aromatic heterocycles. The predicted molar refractivity (Wildman–Crippen MR) is 123 cm³/mol. The topological polar surface area (TPSA) is 155 Å². The SMILES string of the molecule is CC(C)(C)OC(=O)COc1ccc(F)cc1-c1ccc(-n2cc(NC(N)O)c(C(N)=O)n2)cc1. The number of rotatable bonds is 8. The molecule has 1 amide bonds. The number of nitrogens with zero attached hydrogens (tertiary/aromatic N) is 2. The number of ether oxygens (including phenoxy) is 2. The van der Waals surface area contributed by atoms with Crippen molar-refractivity contribution in [2.45, 2.75) is 32.7 Å². The summed E-state index contributed by atoms with van der Waals surface area (Å²) in [4.78, 5) is 23.6. The Labute approximate surface area is 195 Å². The van der Waals surface area contributed by atoms with Crippen molar-refractivity contribution in [1.82, 2.24) is 9.78 Å². The van der Waals surface area contributed by atoms with Gasteiger partial charge in [-0.05, 0) is 56.7 Å². The van der Waals surface area contributed by atoms with Crippen LogP contribution in [0.3, 0.4) is 0 Å². The van der Waals surface area contributed by atoms with Crippen LogP contribution >= 0.6 is 0 Å². The number of amides is 1. The molecule has 0 saturated carbocycles. The second-order valence-electron chi connectivity index (χ2n) is 8.35. The Balaban J connectivity index is 1.86. The number of nitrogens with one attached hydrogen (secondary N) is 1. The maximum absolute atomic E-state index is 14.0. The van der Waals surface area contributed by atoms with Crippen molar-refractivity contribution in [1.29, 1.82) is 0 Å². The zero-order valence-electron chi connectivity index (χ0n) is 18.9. The summed E-state index contributed by atoms with van der Waals surface area (Å²) < 4.78 is 26.2. The molecule has 1 atom stereocenters. The first-order chi connectivity index (χ1) is 15.9. The van der Waals surface area contributed by atoms with E-state index in [2.05, 4.69) is 10.4 Å². The van der Waals surface area contributed by atoms with Crippen LogP contribution in [0.15, 0.2) is 48.7 Å². The van der Waals surface area contributed by atoms with Gasteiger partial charge < -0.3 is 25.6 Å². The van der Waals surface area contributed by atoms with Gasteiger partial charge in [-0.3, -0.25) is 10.5 Å². The minimum atomic E-state index is -1.41. The number of aromatic nitrogens is 2. The number of halogens is 1. The van der Waals surface area contributed by atoms with Crippen molar-refractivity contribution in [3.63, 3.8) is 0 Å². The Morgan fingerprint density at radius 1 is 1.21 bits per heavy atom. The first-order valence-electron chi connectivity index (χ1n) is 10.3. The van der Waals surface area contributed by atoms with Crippen LogP contribution in [0.25, 0.3) is 16.8 Å². The number of primary amides is 1. The summed E-state index contributed by atoms with van der Waals surface area (Å²) >= 11 is 0. The van der Waals surface area contributed by atoms with E-state index in [1.807, 2.05) is 0 Å². The van der Waals surface area contributed by atoms with Crippen molar-refractivity contribution >= 4 is 17.6 Å². The average Bonchev–Trinajstić information content (AvgIpc) is 3.15. The Morgan fingerprint density at radius 3 is 2.47 bits per heavy atom. The summed E-state index contributed by atoms with van der Waals surface area (Å²) in [5, 5.41) is 16.0. The molecule has 2 aromatic carbocycles. The fourth-order valence-electron chi connectivity index (χ4n) is 3.11. The van der Waals surface area contributed by atoms with Crippen LogP contribution in [0.5, 0.6) is 5.75 Å². The molecule has 180 valence electrons. The summed E-state index contributed by atoms with van der Waals surface area (Å²) in [6.45, 7) is 4.91. The summed E-state index contributed by atoms with van der Waals surface area (Å²) in [6.07, 6.45) is 0.0353. The standard InChI is InChI=1S/C23H26FN5O5/c1-23(2,3)34-19(30)12-33-18-9-6-14(24)10-16(18)13-4-7-15(8-5-13)29-11-17(27-22(26)32)20(28-29)21(25)31/h4-11,22,27,32H,12,26H2,1-3H3,(H2,25,31). The van der Waals surface area contributed by atoms with Crippen molar-refractivity contribution in [2.75, 3.05) is 11.9 Å². The number of aliphatic hydroxyl groups excluding tert-OH is 1. The third-order valence-corrected chi connectivity index (χ3v) is 4.40. The number of esters is 1. The van der Waals surface area contributed by atoms with E-state index in [-0.39, 0.29) is 18.0 Å². The molecule has 11 heteroatoms. The van der Waals surface area contributed by atoms with Gasteiger partial charge in [-0.2, -0.15) is 5.10 Å². The largest absolute Gasteiger partial charge is 0.481 e. The normalized spacial score (nSPS) is 12.2. The van der Waals surface area contributed by atoms with Crippen LogP contribution in [-0.2, 0) is 9.53 Å². The first-order valence-corrected chi connectivity index (χ1v) is 10.3. The fourth-order valence-corrected chi connectivity index (χ4v) is 3.11. The molecule has 0 aliphatic rings. The Hall–Kier alpha value is -3.96. The lowest BCUT2D eigenvalue weighted by Gasteiger charge is -2.20. The highest BCUT2D eigenvalue weighted by Crippen LogP contribution is 2.32. The number of hydrogen-bond acceptors (Lipinski definition) is 8. The third-order valence-electron chi connectivity index (χ3n) is 4.40. The maximum Gasteiger partial charge on any atom is 0.344 e. The number of anilines is 1. The molecule has 6 N–H and O–H groups in total. The molecule has 0 fully saturated rings. The van der Waals surface area contributed by atoms with E-state index in [4.69, 9.17) is 20.9 Å². The van der Waals surface area contributed by atoms with E-state index < -0.39 is 29.6 Å². The van der Waals surface area contributed by atoms with Gasteiger partial charge in [-0.15, -0.1) is 0 Å². The average molecular weight is 471 g/mol. The Morgan fingerprint density at radius 2 is 1.88 bits per heavy atom. The number of benzene rings is 2. The highest BCUT2D eigenvalue weighted by Gasteiger charge is 2.19. The first kappa shape index (κ1) is 24.7. The quantitative estimate of drug-likeness (QED) is 0.288. The summed E-state index contributed by atoms with van der Waals surface area (Å²) in [5.41, 5.74) is 11.7. The Kier molecular flexibility index (Phi) is 7.18. The lowest BCUT2D eigenvalue weighted by atomic mass is 10.0.